The molecule has 2 rings (SSSR count). The Morgan fingerprint density at radius 1 is 1.20 bits per heavy atom. The molecule has 0 saturated heterocycles. The highest BCUT2D eigenvalue weighted by Crippen LogP contribution is 2.63. The molecule has 0 radical (unpaired) electrons. The van der Waals surface area contributed by atoms with E-state index in [2.05, 4.69) is 36.5 Å². The van der Waals surface area contributed by atoms with E-state index < -0.39 is 21.2 Å². The number of rotatable bonds is 8. The molecular formula is C20H37O8P2-. The molecule has 176 valence electrons. The molecular weight excluding hydrogens is 430 g/mol. The Hall–Kier alpha value is -0.0400. The highest BCUT2D eigenvalue weighted by atomic mass is 31.3. The summed E-state index contributed by atoms with van der Waals surface area (Å²) < 4.78 is 30.3. The van der Waals surface area contributed by atoms with Gasteiger partial charge in [0.1, 0.15) is 0 Å². The van der Waals surface area contributed by atoms with Crippen molar-refractivity contribution in [2.75, 3.05) is 6.61 Å². The number of aliphatic hydroxyl groups is 1. The van der Waals surface area contributed by atoms with Crippen molar-refractivity contribution in [1.82, 2.24) is 0 Å². The van der Waals surface area contributed by atoms with Gasteiger partial charge in [0, 0.05) is 0 Å². The van der Waals surface area contributed by atoms with Crippen molar-refractivity contribution in [1.29, 1.82) is 0 Å². The van der Waals surface area contributed by atoms with Crippen molar-refractivity contribution in [2.45, 2.75) is 85.2 Å². The molecule has 2 saturated carbocycles. The highest BCUT2D eigenvalue weighted by Gasteiger charge is 2.60. The van der Waals surface area contributed by atoms with Crippen molar-refractivity contribution >= 4 is 15.6 Å². The molecule has 8 nitrogen and oxygen atoms in total. The summed E-state index contributed by atoms with van der Waals surface area (Å²) in [6.07, 6.45) is 8.15. The predicted octanol–water partition coefficient (Wildman–Crippen LogP) is 4.30. The first-order valence-electron chi connectivity index (χ1n) is 10.6. The Kier molecular flexibility index (Phi) is 7.93. The van der Waals surface area contributed by atoms with Gasteiger partial charge < -0.3 is 19.8 Å². The van der Waals surface area contributed by atoms with Gasteiger partial charge in [-0.05, 0) is 68.1 Å². The van der Waals surface area contributed by atoms with Crippen LogP contribution in [0.2, 0.25) is 0 Å². The third kappa shape index (κ3) is 5.85. The fourth-order valence-corrected chi connectivity index (χ4v) is 7.51. The van der Waals surface area contributed by atoms with Crippen LogP contribution < -0.4 is 4.89 Å². The molecule has 2 aliphatic carbocycles. The van der Waals surface area contributed by atoms with E-state index in [1.165, 1.54) is 6.42 Å². The second kappa shape index (κ2) is 9.07. The van der Waals surface area contributed by atoms with Gasteiger partial charge >= 0.3 is 7.82 Å². The summed E-state index contributed by atoms with van der Waals surface area (Å²) in [5.41, 5.74) is 0.0977. The lowest BCUT2D eigenvalue weighted by Crippen LogP contribution is -2.62. The zero-order valence-electron chi connectivity index (χ0n) is 18.7. The van der Waals surface area contributed by atoms with Crippen LogP contribution in [0.1, 0.15) is 79.6 Å². The Morgan fingerprint density at radius 3 is 2.43 bits per heavy atom. The van der Waals surface area contributed by atoms with Gasteiger partial charge in [0.2, 0.25) is 0 Å². The second-order valence-electron chi connectivity index (χ2n) is 10.1. The zero-order chi connectivity index (χ0) is 23.0. The molecule has 0 amide bonds. The largest absolute Gasteiger partial charge is 0.756 e. The standard InChI is InChI=1S/C20H38O8P2/c1-15(10-14-27-30(25,26)28-29(22,23)24)9-13-20(21)16(2)7-8-17-18(3,4)11-6-12-19(17,20)5/h10,16-17,21H,6-9,11-14H2,1-5H3,(H,25,26)(H2,22,23,24)/p-1/b15-10+/t16-,17+,19+,20-/m1/s1. The van der Waals surface area contributed by atoms with Gasteiger partial charge in [0.15, 0.2) is 0 Å². The maximum atomic E-state index is 11.9. The van der Waals surface area contributed by atoms with Crippen molar-refractivity contribution < 1.29 is 37.8 Å². The normalized spacial score (nSPS) is 38.4. The maximum Gasteiger partial charge on any atom is 0.479 e. The Bertz CT molecular complexity index is 745. The van der Waals surface area contributed by atoms with Gasteiger partial charge in [-0.1, -0.05) is 45.8 Å². The first-order valence-corrected chi connectivity index (χ1v) is 13.6. The lowest BCUT2D eigenvalue weighted by molar-refractivity contribution is -0.212. The number of fused-ring (bicyclic) bond motifs is 1. The van der Waals surface area contributed by atoms with Crippen LogP contribution in [0.5, 0.6) is 0 Å². The number of hydrogen-bond acceptors (Lipinski definition) is 6. The quantitative estimate of drug-likeness (QED) is 0.355. The van der Waals surface area contributed by atoms with Gasteiger partial charge in [0.25, 0.3) is 7.82 Å². The Labute approximate surface area is 179 Å². The van der Waals surface area contributed by atoms with E-state index in [1.54, 1.807) is 6.08 Å². The van der Waals surface area contributed by atoms with E-state index in [1.807, 2.05) is 6.92 Å². The minimum absolute atomic E-state index is 0.158. The molecule has 0 aromatic rings. The third-order valence-corrected chi connectivity index (χ3v) is 9.82. The molecule has 10 heteroatoms. The van der Waals surface area contributed by atoms with Gasteiger partial charge in [-0.25, -0.2) is 8.88 Å². The molecule has 0 aromatic carbocycles. The molecule has 2 aliphatic rings. The SMILES string of the molecule is C/C(=C\COP(=O)(O)OP(=O)([O-])O)CC[C@@]1(O)[C@H](C)CC[C@H]2C(C)(C)CCC[C@@]21C. The summed E-state index contributed by atoms with van der Waals surface area (Å²) in [6, 6.07) is 0. The molecule has 0 heterocycles. The molecule has 30 heavy (non-hydrogen) atoms. The van der Waals surface area contributed by atoms with Gasteiger partial charge in [-0.3, -0.25) is 9.09 Å². The van der Waals surface area contributed by atoms with E-state index >= 15 is 0 Å². The summed E-state index contributed by atoms with van der Waals surface area (Å²) in [4.78, 5) is 28.4. The smallest absolute Gasteiger partial charge is 0.479 e. The van der Waals surface area contributed by atoms with Crippen LogP contribution in [-0.2, 0) is 18.0 Å². The molecule has 2 unspecified atom stereocenters. The number of phosphoric ester groups is 1. The van der Waals surface area contributed by atoms with Crippen LogP contribution in [-0.4, -0.2) is 27.1 Å². The summed E-state index contributed by atoms with van der Waals surface area (Å²) >= 11 is 0. The molecule has 0 aromatic heterocycles. The fraction of sp³-hybridized carbons (Fsp3) is 0.900. The highest BCUT2D eigenvalue weighted by molar-refractivity contribution is 7.60. The minimum atomic E-state index is -5.37. The van der Waals surface area contributed by atoms with Crippen LogP contribution in [0.4, 0.5) is 0 Å². The van der Waals surface area contributed by atoms with Crippen molar-refractivity contribution in [3.8, 4) is 0 Å². The van der Waals surface area contributed by atoms with Gasteiger partial charge in [-0.2, -0.15) is 0 Å². The number of allylic oxidation sites excluding steroid dienone is 1. The average molecular weight is 467 g/mol. The predicted molar refractivity (Wildman–Crippen MR) is 112 cm³/mol. The molecule has 0 aliphatic heterocycles. The van der Waals surface area contributed by atoms with Crippen LogP contribution in [0, 0.1) is 22.7 Å². The van der Waals surface area contributed by atoms with E-state index in [0.29, 0.717) is 18.8 Å². The van der Waals surface area contributed by atoms with Crippen molar-refractivity contribution in [3.63, 3.8) is 0 Å². The first kappa shape index (κ1) is 26.2. The monoisotopic (exact) mass is 467 g/mol. The molecule has 2 fully saturated rings. The number of phosphoric acid groups is 2. The number of hydrogen-bond donors (Lipinski definition) is 3. The summed E-state index contributed by atoms with van der Waals surface area (Å²) in [5.74, 6) is 0.643. The van der Waals surface area contributed by atoms with Crippen LogP contribution in [0.3, 0.4) is 0 Å². The average Bonchev–Trinajstić information content (AvgIpc) is 2.55. The third-order valence-electron chi connectivity index (χ3n) is 7.70. The minimum Gasteiger partial charge on any atom is -0.756 e. The first-order chi connectivity index (χ1) is 13.5. The van der Waals surface area contributed by atoms with Crippen LogP contribution >= 0.6 is 15.6 Å². The van der Waals surface area contributed by atoms with Gasteiger partial charge in [0.05, 0.1) is 12.2 Å². The Morgan fingerprint density at radius 2 is 1.83 bits per heavy atom. The molecule has 3 N–H and O–H groups in total. The summed E-state index contributed by atoms with van der Waals surface area (Å²) in [6.45, 7) is 10.5. The zero-order valence-corrected chi connectivity index (χ0v) is 20.5. The van der Waals surface area contributed by atoms with E-state index in [-0.39, 0.29) is 23.4 Å². The van der Waals surface area contributed by atoms with Gasteiger partial charge in [-0.15, -0.1) is 0 Å². The Balaban J connectivity index is 2.04. The molecule has 0 bridgehead atoms. The van der Waals surface area contributed by atoms with Crippen molar-refractivity contribution in [2.24, 2.45) is 22.7 Å². The summed E-state index contributed by atoms with van der Waals surface area (Å²) in [5, 5.41) is 11.9. The second-order valence-corrected chi connectivity index (χ2v) is 12.9. The topological polar surface area (TPSA) is 136 Å². The molecule has 6 atom stereocenters. The van der Waals surface area contributed by atoms with Crippen LogP contribution in [0.25, 0.3) is 0 Å². The lowest BCUT2D eigenvalue weighted by Gasteiger charge is -2.63. The van der Waals surface area contributed by atoms with Crippen molar-refractivity contribution in [3.05, 3.63) is 11.6 Å². The van der Waals surface area contributed by atoms with Crippen LogP contribution in [0.15, 0.2) is 11.6 Å². The van der Waals surface area contributed by atoms with E-state index in [4.69, 9.17) is 4.89 Å². The van der Waals surface area contributed by atoms with E-state index in [9.17, 15) is 24.0 Å². The molecule has 0 spiro atoms. The maximum absolute atomic E-state index is 11.9. The lowest BCUT2D eigenvalue weighted by atomic mass is 9.44. The fourth-order valence-electron chi connectivity index (χ4n) is 6.02. The van der Waals surface area contributed by atoms with E-state index in [0.717, 1.165) is 31.3 Å². The summed E-state index contributed by atoms with van der Waals surface area (Å²) in [7, 11) is -10.3.